The Labute approximate surface area is 171 Å². The number of nitrogens with one attached hydrogen (secondary N) is 1. The summed E-state index contributed by atoms with van der Waals surface area (Å²) < 4.78 is 4.68. The second kappa shape index (κ2) is 8.51. The van der Waals surface area contributed by atoms with Gasteiger partial charge in [0.15, 0.2) is 0 Å². The summed E-state index contributed by atoms with van der Waals surface area (Å²) >= 11 is 0. The van der Waals surface area contributed by atoms with E-state index in [9.17, 15) is 14.4 Å². The zero-order valence-electron chi connectivity index (χ0n) is 16.9. The zero-order valence-corrected chi connectivity index (χ0v) is 16.9. The van der Waals surface area contributed by atoms with E-state index >= 15 is 0 Å². The van der Waals surface area contributed by atoms with E-state index in [1.165, 1.54) is 44.8 Å². The Hall–Kier alpha value is -2.44. The zero-order chi connectivity index (χ0) is 20.4. The number of methoxy groups -OCH3 is 1. The van der Waals surface area contributed by atoms with E-state index in [4.69, 9.17) is 0 Å². The maximum absolute atomic E-state index is 13.0. The Bertz CT molecular complexity index is 788. The second-order valence-corrected chi connectivity index (χ2v) is 8.65. The van der Waals surface area contributed by atoms with E-state index in [0.717, 1.165) is 38.6 Å². The molecule has 1 aliphatic heterocycles. The number of rotatable bonds is 4. The lowest BCUT2D eigenvalue weighted by Crippen LogP contribution is -2.43. The first-order chi connectivity index (χ1) is 14.0. The third-order valence-corrected chi connectivity index (χ3v) is 6.77. The molecule has 2 heterocycles. The maximum Gasteiger partial charge on any atom is 0.339 e. The average molecular weight is 399 g/mol. The number of hydrogen-bond acceptors (Lipinski definition) is 5. The summed E-state index contributed by atoms with van der Waals surface area (Å²) in [5.41, 5.74) is 0.598. The summed E-state index contributed by atoms with van der Waals surface area (Å²) in [6.07, 6.45) is 10.9. The van der Waals surface area contributed by atoms with Crippen LogP contribution in [0.5, 0.6) is 0 Å². The van der Waals surface area contributed by atoms with Crippen LogP contribution in [-0.4, -0.2) is 53.4 Å². The van der Waals surface area contributed by atoms with E-state index in [-0.39, 0.29) is 23.4 Å². The molecule has 4 rings (SSSR count). The van der Waals surface area contributed by atoms with Gasteiger partial charge in [0.2, 0.25) is 5.91 Å². The molecule has 0 radical (unpaired) electrons. The Morgan fingerprint density at radius 2 is 1.83 bits per heavy atom. The summed E-state index contributed by atoms with van der Waals surface area (Å²) in [7, 11) is 1.30. The Morgan fingerprint density at radius 3 is 2.55 bits per heavy atom. The van der Waals surface area contributed by atoms with Crippen LogP contribution in [0, 0.1) is 11.8 Å². The van der Waals surface area contributed by atoms with Crippen molar-refractivity contribution in [3.8, 4) is 0 Å². The van der Waals surface area contributed by atoms with Crippen molar-refractivity contribution in [1.29, 1.82) is 0 Å². The van der Waals surface area contributed by atoms with Crippen molar-refractivity contribution in [1.82, 2.24) is 15.2 Å². The minimum absolute atomic E-state index is 0.0474. The fourth-order valence-corrected chi connectivity index (χ4v) is 5.19. The van der Waals surface area contributed by atoms with Crippen molar-refractivity contribution in [2.24, 2.45) is 11.8 Å². The monoisotopic (exact) mass is 399 g/mol. The lowest BCUT2D eigenvalue weighted by Gasteiger charge is -2.33. The molecule has 1 N–H and O–H groups in total. The first kappa shape index (κ1) is 19.9. The molecule has 29 heavy (non-hydrogen) atoms. The normalized spacial score (nSPS) is 28.7. The fourth-order valence-electron chi connectivity index (χ4n) is 5.19. The highest BCUT2D eigenvalue weighted by Gasteiger charge is 2.40. The van der Waals surface area contributed by atoms with E-state index in [0.29, 0.717) is 23.4 Å². The van der Waals surface area contributed by atoms with Crippen molar-refractivity contribution in [2.45, 2.75) is 63.5 Å². The number of fused-ring (bicyclic) bond motifs is 2. The van der Waals surface area contributed by atoms with Gasteiger partial charge in [-0.2, -0.15) is 0 Å². The predicted molar refractivity (Wildman–Crippen MR) is 106 cm³/mol. The van der Waals surface area contributed by atoms with Crippen LogP contribution in [0.3, 0.4) is 0 Å². The first-order valence-corrected chi connectivity index (χ1v) is 10.7. The van der Waals surface area contributed by atoms with Crippen LogP contribution < -0.4 is 5.32 Å². The second-order valence-electron chi connectivity index (χ2n) is 8.65. The average Bonchev–Trinajstić information content (AvgIpc) is 3.06. The fraction of sp³-hybridized carbons (Fsp3) is 0.636. The molecule has 0 unspecified atom stereocenters. The number of ether oxygens (including phenoxy) is 1. The number of amides is 2. The van der Waals surface area contributed by atoms with Gasteiger partial charge in [0, 0.05) is 36.9 Å². The molecule has 1 aromatic heterocycles. The number of pyridine rings is 1. The molecule has 2 amide bonds. The van der Waals surface area contributed by atoms with Gasteiger partial charge in [-0.1, -0.05) is 6.42 Å². The van der Waals surface area contributed by atoms with Gasteiger partial charge in [0.05, 0.1) is 18.2 Å². The highest BCUT2D eigenvalue weighted by Crippen LogP contribution is 2.37. The molecule has 2 saturated carbocycles. The third kappa shape index (κ3) is 4.28. The number of aromatic nitrogens is 1. The topological polar surface area (TPSA) is 88.6 Å². The molecule has 1 saturated heterocycles. The number of carbonyl (C=O) groups is 3. The molecule has 7 heteroatoms. The molecule has 0 aromatic carbocycles. The summed E-state index contributed by atoms with van der Waals surface area (Å²) in [5.74, 6) is 0.373. The molecule has 0 spiro atoms. The highest BCUT2D eigenvalue weighted by molar-refractivity contribution is 5.97. The Morgan fingerprint density at radius 1 is 1.07 bits per heavy atom. The van der Waals surface area contributed by atoms with E-state index in [1.54, 1.807) is 0 Å². The van der Waals surface area contributed by atoms with Gasteiger partial charge in [0.25, 0.3) is 5.91 Å². The van der Waals surface area contributed by atoms with Gasteiger partial charge in [-0.3, -0.25) is 14.6 Å². The maximum atomic E-state index is 13.0. The predicted octanol–water partition coefficient (Wildman–Crippen LogP) is 2.56. The van der Waals surface area contributed by atoms with Crippen LogP contribution >= 0.6 is 0 Å². The summed E-state index contributed by atoms with van der Waals surface area (Å²) in [5, 5.41) is 3.03. The van der Waals surface area contributed by atoms with Crippen LogP contribution in [0.1, 0.15) is 72.1 Å². The van der Waals surface area contributed by atoms with Crippen molar-refractivity contribution in [3.05, 3.63) is 29.6 Å². The molecule has 2 atom stereocenters. The minimum atomic E-state index is -0.516. The molecule has 2 bridgehead atoms. The van der Waals surface area contributed by atoms with Gasteiger partial charge >= 0.3 is 5.97 Å². The molecule has 3 aliphatic rings. The van der Waals surface area contributed by atoms with Gasteiger partial charge in [-0.05, 0) is 56.9 Å². The van der Waals surface area contributed by atoms with E-state index in [2.05, 4.69) is 19.9 Å². The quantitative estimate of drug-likeness (QED) is 0.786. The molecular weight excluding hydrogens is 370 g/mol. The number of carbonyl (C=O) groups excluding carboxylic acids is 3. The van der Waals surface area contributed by atoms with Gasteiger partial charge in [-0.25, -0.2) is 4.79 Å². The number of nitrogens with zero attached hydrogens (tertiary/aromatic N) is 2. The number of hydrogen-bond donors (Lipinski definition) is 1. The molecule has 7 nitrogen and oxygen atoms in total. The van der Waals surface area contributed by atoms with Crippen LogP contribution in [0.4, 0.5) is 0 Å². The first-order valence-electron chi connectivity index (χ1n) is 10.7. The van der Waals surface area contributed by atoms with E-state index in [1.807, 2.05) is 0 Å². The molecule has 1 aromatic rings. The SMILES string of the molecule is COC(=O)c1cncc(C(=O)NC2CCC(C(=O)N3C[C@@H]4CCC[C@H]3C4)CC2)c1. The summed E-state index contributed by atoms with van der Waals surface area (Å²) in [6.45, 7) is 0.948. The van der Waals surface area contributed by atoms with Crippen molar-refractivity contribution >= 4 is 17.8 Å². The lowest BCUT2D eigenvalue weighted by molar-refractivity contribution is -0.137. The van der Waals surface area contributed by atoms with Crippen LogP contribution in [0.15, 0.2) is 18.5 Å². The molecule has 156 valence electrons. The number of likely N-dealkylation sites (tertiary alicyclic amines) is 1. The minimum Gasteiger partial charge on any atom is -0.465 e. The van der Waals surface area contributed by atoms with Gasteiger partial charge in [-0.15, -0.1) is 0 Å². The Kier molecular flexibility index (Phi) is 5.83. The van der Waals surface area contributed by atoms with Crippen LogP contribution in [0.25, 0.3) is 0 Å². The largest absolute Gasteiger partial charge is 0.465 e. The third-order valence-electron chi connectivity index (χ3n) is 6.77. The lowest BCUT2D eigenvalue weighted by atomic mass is 9.84. The summed E-state index contributed by atoms with van der Waals surface area (Å²) in [4.78, 5) is 43.3. The molecule has 3 fully saturated rings. The van der Waals surface area contributed by atoms with Gasteiger partial charge < -0.3 is 15.0 Å². The van der Waals surface area contributed by atoms with Crippen LogP contribution in [-0.2, 0) is 9.53 Å². The van der Waals surface area contributed by atoms with Gasteiger partial charge in [0.1, 0.15) is 0 Å². The van der Waals surface area contributed by atoms with Crippen LogP contribution in [0.2, 0.25) is 0 Å². The molecule has 2 aliphatic carbocycles. The van der Waals surface area contributed by atoms with Crippen molar-refractivity contribution in [3.63, 3.8) is 0 Å². The number of esters is 1. The Balaban J connectivity index is 1.29. The summed E-state index contributed by atoms with van der Waals surface area (Å²) in [6, 6.07) is 2.01. The highest BCUT2D eigenvalue weighted by atomic mass is 16.5. The van der Waals surface area contributed by atoms with E-state index < -0.39 is 5.97 Å². The molecular formula is C22H29N3O4. The van der Waals surface area contributed by atoms with Crippen molar-refractivity contribution in [2.75, 3.05) is 13.7 Å². The van der Waals surface area contributed by atoms with Crippen molar-refractivity contribution < 1.29 is 19.1 Å². The standard InChI is InChI=1S/C22H29N3O4/c1-29-22(28)17-10-16(11-23-12-17)20(26)24-18-7-5-15(6-8-18)21(27)25-13-14-3-2-4-19(25)9-14/h10-12,14-15,18-19H,2-9,13H2,1H3,(H,24,26)/t14-,15?,18?,19+/m1/s1. The smallest absolute Gasteiger partial charge is 0.339 e.